The second-order valence-electron chi connectivity index (χ2n) is 7.49. The fourth-order valence-electron chi connectivity index (χ4n) is 2.94. The highest BCUT2D eigenvalue weighted by Gasteiger charge is 2.29. The number of ether oxygens (including phenoxy) is 2. The largest absolute Gasteiger partial charge is 0.462 e. The summed E-state index contributed by atoms with van der Waals surface area (Å²) in [6.45, 7) is 13.0. The summed E-state index contributed by atoms with van der Waals surface area (Å²) in [5, 5.41) is 7.51. The van der Waals surface area contributed by atoms with Gasteiger partial charge < -0.3 is 14.8 Å². The second kappa shape index (κ2) is 10.4. The van der Waals surface area contributed by atoms with Crippen molar-refractivity contribution in [3.8, 4) is 0 Å². The lowest BCUT2D eigenvalue weighted by atomic mass is 10.1. The summed E-state index contributed by atoms with van der Waals surface area (Å²) in [5.41, 5.74) is 2.38. The molecule has 0 fully saturated rings. The topological polar surface area (TPSA) is 99.5 Å². The lowest BCUT2D eigenvalue weighted by Crippen LogP contribution is -2.26. The van der Waals surface area contributed by atoms with Crippen LogP contribution in [-0.2, 0) is 20.8 Å². The Balaban J connectivity index is 2.31. The molecule has 0 aromatic carbocycles. The molecule has 0 aliphatic heterocycles. The van der Waals surface area contributed by atoms with Crippen LogP contribution in [0.4, 0.5) is 5.00 Å². The van der Waals surface area contributed by atoms with E-state index in [1.165, 1.54) is 0 Å². The van der Waals surface area contributed by atoms with Crippen LogP contribution in [0.3, 0.4) is 0 Å². The summed E-state index contributed by atoms with van der Waals surface area (Å²) in [6, 6.07) is 0. The number of carbonyl (C=O) groups is 3. The average Bonchev–Trinajstić information content (AvgIpc) is 3.12. The first-order valence-corrected chi connectivity index (χ1v) is 11.6. The second-order valence-corrected chi connectivity index (χ2v) is 9.31. The minimum absolute atomic E-state index is 0.177. The Labute approximate surface area is 194 Å². The van der Waals surface area contributed by atoms with Gasteiger partial charge in [-0.1, -0.05) is 6.92 Å². The first-order chi connectivity index (χ1) is 14.5. The molecule has 2 rings (SSSR count). The number of halogens is 1. The molecule has 0 aliphatic carbocycles. The van der Waals surface area contributed by atoms with E-state index < -0.39 is 17.9 Å². The number of anilines is 1. The molecule has 0 saturated heterocycles. The van der Waals surface area contributed by atoms with Crippen LogP contribution >= 0.6 is 27.3 Å². The van der Waals surface area contributed by atoms with E-state index in [0.717, 1.165) is 27.2 Å². The minimum atomic E-state index is -0.593. The molecular weight excluding hydrogens is 486 g/mol. The van der Waals surface area contributed by atoms with E-state index in [1.54, 1.807) is 39.3 Å². The number of rotatable bonds is 8. The van der Waals surface area contributed by atoms with E-state index in [-0.39, 0.29) is 34.1 Å². The van der Waals surface area contributed by atoms with Gasteiger partial charge in [0.25, 0.3) is 0 Å². The maximum Gasteiger partial charge on any atom is 0.348 e. The summed E-state index contributed by atoms with van der Waals surface area (Å²) in [7, 11) is 0. The number of thiophene rings is 1. The molecule has 1 amide bonds. The molecule has 2 aromatic rings. The Morgan fingerprint density at radius 2 is 1.81 bits per heavy atom. The van der Waals surface area contributed by atoms with Crippen LogP contribution in [0.15, 0.2) is 4.47 Å². The summed E-state index contributed by atoms with van der Waals surface area (Å²) in [6.07, 6.45) is -0.343. The molecule has 0 spiro atoms. The normalized spacial score (nSPS) is 12.0. The van der Waals surface area contributed by atoms with E-state index in [0.29, 0.717) is 12.1 Å². The zero-order valence-corrected chi connectivity index (χ0v) is 21.2. The molecule has 2 heterocycles. The van der Waals surface area contributed by atoms with Crippen molar-refractivity contribution in [2.75, 3.05) is 11.9 Å². The third-order valence-corrected chi connectivity index (χ3v) is 6.91. The standard InChI is InChI=1S/C21H28BrN3O5S/c1-8-29-21(28)17-12(5)15(20(27)30-10(2)3)19(31-17)23-18(26)11(4)9-25-14(7)16(22)13(6)24-25/h10-11H,8-9H2,1-7H3,(H,23,26). The molecule has 1 unspecified atom stereocenters. The SMILES string of the molecule is CCOC(=O)c1sc(NC(=O)C(C)Cn2nc(C)c(Br)c2C)c(C(=O)OC(C)C)c1C. The van der Waals surface area contributed by atoms with Crippen LogP contribution in [0.1, 0.15) is 64.7 Å². The Kier molecular flexibility index (Phi) is 8.41. The zero-order chi connectivity index (χ0) is 23.5. The molecule has 0 saturated carbocycles. The Bertz CT molecular complexity index is 996. The van der Waals surface area contributed by atoms with Gasteiger partial charge in [0, 0.05) is 5.69 Å². The van der Waals surface area contributed by atoms with E-state index in [9.17, 15) is 14.4 Å². The molecule has 10 heteroatoms. The molecule has 1 atom stereocenters. The number of aryl methyl sites for hydroxylation is 1. The van der Waals surface area contributed by atoms with Gasteiger partial charge in [-0.15, -0.1) is 11.3 Å². The molecule has 8 nitrogen and oxygen atoms in total. The molecular formula is C21H28BrN3O5S. The zero-order valence-electron chi connectivity index (χ0n) is 18.8. The third kappa shape index (κ3) is 5.74. The van der Waals surface area contributed by atoms with E-state index in [2.05, 4.69) is 26.3 Å². The molecule has 170 valence electrons. The monoisotopic (exact) mass is 513 g/mol. The molecule has 0 radical (unpaired) electrons. The number of amides is 1. The Morgan fingerprint density at radius 3 is 2.32 bits per heavy atom. The summed E-state index contributed by atoms with van der Waals surface area (Å²) >= 11 is 4.50. The first-order valence-electron chi connectivity index (χ1n) is 9.99. The van der Waals surface area contributed by atoms with Crippen molar-refractivity contribution in [2.45, 2.75) is 61.1 Å². The highest BCUT2D eigenvalue weighted by molar-refractivity contribution is 9.10. The van der Waals surface area contributed by atoms with Crippen molar-refractivity contribution in [1.29, 1.82) is 0 Å². The summed E-state index contributed by atoms with van der Waals surface area (Å²) < 4.78 is 13.1. The van der Waals surface area contributed by atoms with Crippen LogP contribution in [-0.4, -0.2) is 40.3 Å². The first kappa shape index (κ1) is 25.1. The number of carbonyl (C=O) groups excluding carboxylic acids is 3. The molecule has 2 aromatic heterocycles. The van der Waals surface area contributed by atoms with Crippen LogP contribution in [0.2, 0.25) is 0 Å². The smallest absolute Gasteiger partial charge is 0.348 e. The van der Waals surface area contributed by atoms with Gasteiger partial charge in [0.05, 0.1) is 40.9 Å². The average molecular weight is 514 g/mol. The van der Waals surface area contributed by atoms with E-state index >= 15 is 0 Å². The molecule has 1 N–H and O–H groups in total. The van der Waals surface area contributed by atoms with Crippen LogP contribution in [0, 0.1) is 26.7 Å². The van der Waals surface area contributed by atoms with Gasteiger partial charge in [-0.3, -0.25) is 9.48 Å². The van der Waals surface area contributed by atoms with Crippen LogP contribution in [0.5, 0.6) is 0 Å². The van der Waals surface area contributed by atoms with Gasteiger partial charge in [0.1, 0.15) is 9.88 Å². The fourth-order valence-corrected chi connectivity index (χ4v) is 4.32. The van der Waals surface area contributed by atoms with Crippen molar-refractivity contribution >= 4 is 50.1 Å². The van der Waals surface area contributed by atoms with Gasteiger partial charge in [-0.25, -0.2) is 9.59 Å². The number of nitrogens with one attached hydrogen (secondary N) is 1. The lowest BCUT2D eigenvalue weighted by Gasteiger charge is -2.14. The van der Waals surface area contributed by atoms with E-state index in [1.807, 2.05) is 13.8 Å². The number of nitrogens with zero attached hydrogens (tertiary/aromatic N) is 2. The number of hydrogen-bond donors (Lipinski definition) is 1. The molecule has 0 bridgehead atoms. The highest BCUT2D eigenvalue weighted by atomic mass is 79.9. The predicted octanol–water partition coefficient (Wildman–Crippen LogP) is 4.65. The van der Waals surface area contributed by atoms with Crippen LogP contribution in [0.25, 0.3) is 0 Å². The van der Waals surface area contributed by atoms with Gasteiger partial charge in [-0.2, -0.15) is 5.10 Å². The van der Waals surface area contributed by atoms with Crippen molar-refractivity contribution in [1.82, 2.24) is 9.78 Å². The summed E-state index contributed by atoms with van der Waals surface area (Å²) in [4.78, 5) is 38.2. The van der Waals surface area contributed by atoms with Gasteiger partial charge >= 0.3 is 11.9 Å². The minimum Gasteiger partial charge on any atom is -0.462 e. The third-order valence-electron chi connectivity index (χ3n) is 4.58. The maximum absolute atomic E-state index is 12.9. The van der Waals surface area contributed by atoms with Crippen molar-refractivity contribution in [2.24, 2.45) is 5.92 Å². The predicted molar refractivity (Wildman–Crippen MR) is 123 cm³/mol. The maximum atomic E-state index is 12.9. The highest BCUT2D eigenvalue weighted by Crippen LogP contribution is 2.35. The van der Waals surface area contributed by atoms with Crippen molar-refractivity contribution < 1.29 is 23.9 Å². The molecule has 0 aliphatic rings. The van der Waals surface area contributed by atoms with Crippen molar-refractivity contribution in [3.05, 3.63) is 31.9 Å². The van der Waals surface area contributed by atoms with Gasteiger partial charge in [0.2, 0.25) is 5.91 Å². The van der Waals surface area contributed by atoms with Gasteiger partial charge in [0.15, 0.2) is 0 Å². The Morgan fingerprint density at radius 1 is 1.16 bits per heavy atom. The number of hydrogen-bond acceptors (Lipinski definition) is 7. The number of aromatic nitrogens is 2. The molecule has 31 heavy (non-hydrogen) atoms. The summed E-state index contributed by atoms with van der Waals surface area (Å²) in [5.74, 6) is -1.86. The van der Waals surface area contributed by atoms with Crippen molar-refractivity contribution in [3.63, 3.8) is 0 Å². The number of esters is 2. The van der Waals surface area contributed by atoms with E-state index in [4.69, 9.17) is 9.47 Å². The van der Waals surface area contributed by atoms with Gasteiger partial charge in [-0.05, 0) is 63.0 Å². The van der Waals surface area contributed by atoms with Crippen LogP contribution < -0.4 is 5.32 Å². The fraction of sp³-hybridized carbons (Fsp3) is 0.524. The quantitative estimate of drug-likeness (QED) is 0.515. The lowest BCUT2D eigenvalue weighted by molar-refractivity contribution is -0.119. The Hall–Kier alpha value is -2.20.